The van der Waals surface area contributed by atoms with Crippen LogP contribution in [-0.2, 0) is 0 Å². The van der Waals surface area contributed by atoms with Gasteiger partial charge in [-0.15, -0.1) is 0 Å². The molecule has 6 nitrogen and oxygen atoms in total. The van der Waals surface area contributed by atoms with Gasteiger partial charge in [0.15, 0.2) is 0 Å². The number of aromatic nitrogens is 2. The first-order chi connectivity index (χ1) is 8.65. The number of rotatable bonds is 3. The molecule has 0 unspecified atom stereocenters. The Morgan fingerprint density at radius 2 is 1.89 bits per heavy atom. The molecule has 18 heavy (non-hydrogen) atoms. The van der Waals surface area contributed by atoms with Crippen molar-refractivity contribution < 1.29 is 4.92 Å². The largest absolute Gasteiger partial charge is 0.368 e. The van der Waals surface area contributed by atoms with E-state index in [-0.39, 0.29) is 11.6 Å². The second-order valence-corrected chi connectivity index (χ2v) is 3.52. The van der Waals surface area contributed by atoms with Crippen LogP contribution in [0.1, 0.15) is 11.3 Å². The summed E-state index contributed by atoms with van der Waals surface area (Å²) in [7, 11) is 0. The molecule has 0 saturated carbocycles. The van der Waals surface area contributed by atoms with Crippen molar-refractivity contribution in [1.82, 2.24) is 9.97 Å². The van der Waals surface area contributed by atoms with Gasteiger partial charge in [0.1, 0.15) is 0 Å². The van der Waals surface area contributed by atoms with E-state index in [1.54, 1.807) is 36.5 Å². The van der Waals surface area contributed by atoms with Crippen LogP contribution in [0, 0.1) is 10.1 Å². The maximum atomic E-state index is 10.5. The van der Waals surface area contributed by atoms with Crippen molar-refractivity contribution in [2.45, 2.75) is 0 Å². The first-order valence-electron chi connectivity index (χ1n) is 5.16. The highest BCUT2D eigenvalue weighted by Crippen LogP contribution is 2.13. The summed E-state index contributed by atoms with van der Waals surface area (Å²) in [6.07, 6.45) is 5.13. The average molecular weight is 242 g/mol. The Kier molecular flexibility index (Phi) is 3.29. The Labute approximate surface area is 103 Å². The van der Waals surface area contributed by atoms with Crippen LogP contribution >= 0.6 is 0 Å². The molecule has 0 aliphatic heterocycles. The topological polar surface area (TPSA) is 94.9 Å². The summed E-state index contributed by atoms with van der Waals surface area (Å²) >= 11 is 0. The van der Waals surface area contributed by atoms with Crippen molar-refractivity contribution in [3.8, 4) is 0 Å². The second kappa shape index (κ2) is 5.05. The van der Waals surface area contributed by atoms with Gasteiger partial charge in [0.05, 0.1) is 10.6 Å². The van der Waals surface area contributed by atoms with E-state index >= 15 is 0 Å². The summed E-state index contributed by atoms with van der Waals surface area (Å²) in [6.45, 7) is 0. The molecule has 0 fully saturated rings. The Morgan fingerprint density at radius 1 is 1.17 bits per heavy atom. The number of nitro groups is 1. The lowest BCUT2D eigenvalue weighted by molar-refractivity contribution is -0.384. The van der Waals surface area contributed by atoms with Crippen molar-refractivity contribution >= 4 is 23.8 Å². The molecule has 1 heterocycles. The van der Waals surface area contributed by atoms with Gasteiger partial charge < -0.3 is 5.73 Å². The lowest BCUT2D eigenvalue weighted by atomic mass is 10.2. The van der Waals surface area contributed by atoms with E-state index in [0.29, 0.717) is 5.69 Å². The molecule has 90 valence electrons. The van der Waals surface area contributed by atoms with Gasteiger partial charge in [-0.1, -0.05) is 6.08 Å². The van der Waals surface area contributed by atoms with Crippen LogP contribution in [-0.4, -0.2) is 14.9 Å². The van der Waals surface area contributed by atoms with Gasteiger partial charge in [-0.25, -0.2) is 9.97 Å². The van der Waals surface area contributed by atoms with Crippen molar-refractivity contribution in [2.75, 3.05) is 5.73 Å². The second-order valence-electron chi connectivity index (χ2n) is 3.52. The highest BCUT2D eigenvalue weighted by atomic mass is 16.6. The molecular weight excluding hydrogens is 232 g/mol. The fourth-order valence-electron chi connectivity index (χ4n) is 1.37. The first kappa shape index (κ1) is 11.7. The summed E-state index contributed by atoms with van der Waals surface area (Å²) < 4.78 is 0. The maximum Gasteiger partial charge on any atom is 0.269 e. The summed E-state index contributed by atoms with van der Waals surface area (Å²) in [5, 5.41) is 10.5. The van der Waals surface area contributed by atoms with Gasteiger partial charge >= 0.3 is 0 Å². The van der Waals surface area contributed by atoms with Gasteiger partial charge in [0.2, 0.25) is 5.95 Å². The Morgan fingerprint density at radius 3 is 2.50 bits per heavy atom. The number of nitro benzene ring substituents is 1. The molecule has 0 saturated heterocycles. The zero-order valence-electron chi connectivity index (χ0n) is 9.35. The van der Waals surface area contributed by atoms with Crippen LogP contribution in [0.3, 0.4) is 0 Å². The first-order valence-corrected chi connectivity index (χ1v) is 5.16. The Balaban J connectivity index is 2.16. The predicted octanol–water partition coefficient (Wildman–Crippen LogP) is 2.14. The standard InChI is InChI=1S/C12H10N4O2/c13-12-14-8-7-10(15-12)4-1-9-2-5-11(6-3-9)16(17)18/h1-8H,(H2,13,14,15). The Bertz CT molecular complexity index is 593. The number of nitrogen functional groups attached to an aromatic ring is 1. The van der Waals surface area contributed by atoms with Gasteiger partial charge in [-0.2, -0.15) is 0 Å². The molecule has 0 aliphatic carbocycles. The minimum Gasteiger partial charge on any atom is -0.368 e. The van der Waals surface area contributed by atoms with Gasteiger partial charge in [-0.3, -0.25) is 10.1 Å². The van der Waals surface area contributed by atoms with Crippen LogP contribution in [0.5, 0.6) is 0 Å². The van der Waals surface area contributed by atoms with Crippen molar-refractivity contribution in [2.24, 2.45) is 0 Å². The quantitative estimate of drug-likeness (QED) is 0.657. The third-order valence-corrected chi connectivity index (χ3v) is 2.25. The van der Waals surface area contributed by atoms with E-state index in [0.717, 1.165) is 5.56 Å². The van der Waals surface area contributed by atoms with Crippen LogP contribution in [0.2, 0.25) is 0 Å². The molecule has 6 heteroatoms. The summed E-state index contributed by atoms with van der Waals surface area (Å²) in [5.41, 5.74) is 7.04. The third-order valence-electron chi connectivity index (χ3n) is 2.25. The van der Waals surface area contributed by atoms with Crippen molar-refractivity contribution in [3.63, 3.8) is 0 Å². The van der Waals surface area contributed by atoms with Crippen LogP contribution in [0.15, 0.2) is 36.5 Å². The molecule has 0 atom stereocenters. The SMILES string of the molecule is Nc1nccc(C=Cc2ccc([N+](=O)[O-])cc2)n1. The molecule has 0 bridgehead atoms. The smallest absolute Gasteiger partial charge is 0.269 e. The number of hydrogen-bond acceptors (Lipinski definition) is 5. The molecule has 0 amide bonds. The van der Waals surface area contributed by atoms with Gasteiger partial charge in [0.25, 0.3) is 5.69 Å². The van der Waals surface area contributed by atoms with E-state index < -0.39 is 4.92 Å². The molecule has 0 radical (unpaired) electrons. The van der Waals surface area contributed by atoms with Gasteiger partial charge in [0, 0.05) is 18.3 Å². The fourth-order valence-corrected chi connectivity index (χ4v) is 1.37. The Hall–Kier alpha value is -2.76. The number of non-ortho nitro benzene ring substituents is 1. The number of nitrogens with two attached hydrogens (primary N) is 1. The summed E-state index contributed by atoms with van der Waals surface area (Å²) in [5.74, 6) is 0.209. The number of benzene rings is 1. The minimum absolute atomic E-state index is 0.0680. The highest BCUT2D eigenvalue weighted by molar-refractivity contribution is 5.68. The molecule has 2 aromatic rings. The zero-order valence-corrected chi connectivity index (χ0v) is 9.35. The van der Waals surface area contributed by atoms with E-state index in [1.807, 2.05) is 0 Å². The summed E-state index contributed by atoms with van der Waals surface area (Å²) in [6, 6.07) is 7.96. The fraction of sp³-hybridized carbons (Fsp3) is 0. The predicted molar refractivity (Wildman–Crippen MR) is 68.5 cm³/mol. The number of nitrogens with zero attached hydrogens (tertiary/aromatic N) is 3. The lowest BCUT2D eigenvalue weighted by Crippen LogP contribution is -1.94. The molecule has 1 aromatic carbocycles. The third kappa shape index (κ3) is 2.88. The van der Waals surface area contributed by atoms with Crippen LogP contribution in [0.25, 0.3) is 12.2 Å². The van der Waals surface area contributed by atoms with E-state index in [2.05, 4.69) is 9.97 Å². The van der Waals surface area contributed by atoms with E-state index in [4.69, 9.17) is 5.73 Å². The molecule has 2 rings (SSSR count). The normalized spacial score (nSPS) is 10.7. The molecule has 0 spiro atoms. The van der Waals surface area contributed by atoms with Crippen LogP contribution in [0.4, 0.5) is 11.6 Å². The van der Waals surface area contributed by atoms with Gasteiger partial charge in [-0.05, 0) is 29.8 Å². The highest BCUT2D eigenvalue weighted by Gasteiger charge is 2.02. The van der Waals surface area contributed by atoms with E-state index in [9.17, 15) is 10.1 Å². The summed E-state index contributed by atoms with van der Waals surface area (Å²) in [4.78, 5) is 17.8. The lowest BCUT2D eigenvalue weighted by Gasteiger charge is -1.95. The van der Waals surface area contributed by atoms with E-state index in [1.165, 1.54) is 12.1 Å². The maximum absolute atomic E-state index is 10.5. The molecule has 1 aromatic heterocycles. The van der Waals surface area contributed by atoms with Crippen molar-refractivity contribution in [1.29, 1.82) is 0 Å². The average Bonchev–Trinajstić information content (AvgIpc) is 2.37. The zero-order chi connectivity index (χ0) is 13.0. The van der Waals surface area contributed by atoms with Crippen molar-refractivity contribution in [3.05, 3.63) is 57.9 Å². The minimum atomic E-state index is -0.432. The van der Waals surface area contributed by atoms with Crippen LogP contribution < -0.4 is 5.73 Å². The molecular formula is C12H10N4O2. The number of anilines is 1. The molecule has 2 N–H and O–H groups in total. The monoisotopic (exact) mass is 242 g/mol. The molecule has 0 aliphatic rings. The number of hydrogen-bond donors (Lipinski definition) is 1.